The Bertz CT molecular complexity index is 239. The van der Waals surface area contributed by atoms with Crippen molar-refractivity contribution in [1.82, 2.24) is 0 Å². The van der Waals surface area contributed by atoms with Crippen LogP contribution in [0.25, 0.3) is 0 Å². The Morgan fingerprint density at radius 3 is 2.31 bits per heavy atom. The summed E-state index contributed by atoms with van der Waals surface area (Å²) in [6.45, 7) is 6.12. The van der Waals surface area contributed by atoms with Gasteiger partial charge in [-0.05, 0) is 13.3 Å². The molecule has 0 amide bonds. The van der Waals surface area contributed by atoms with Crippen molar-refractivity contribution < 1.29 is 4.48 Å². The summed E-state index contributed by atoms with van der Waals surface area (Å²) in [7, 11) is 4.50. The Hall–Kier alpha value is -0.820. The van der Waals surface area contributed by atoms with Gasteiger partial charge < -0.3 is 4.48 Å². The highest BCUT2D eigenvalue weighted by molar-refractivity contribution is 5.13. The van der Waals surface area contributed by atoms with Crippen LogP contribution in [0.2, 0.25) is 0 Å². The van der Waals surface area contributed by atoms with E-state index >= 15 is 0 Å². The first-order chi connectivity index (χ1) is 6.14. The fraction of sp³-hybridized carbons (Fsp3) is 0.417. The first-order valence-corrected chi connectivity index (χ1v) is 4.79. The summed E-state index contributed by atoms with van der Waals surface area (Å²) in [4.78, 5) is 0. The van der Waals surface area contributed by atoms with Gasteiger partial charge in [0.2, 0.25) is 0 Å². The highest BCUT2D eigenvalue weighted by Gasteiger charge is 2.13. The molecule has 0 aliphatic carbocycles. The molecule has 0 heterocycles. The number of benzene rings is 1. The smallest absolute Gasteiger partial charge is 0.104 e. The summed E-state index contributed by atoms with van der Waals surface area (Å²) >= 11 is 0. The molecule has 0 atom stereocenters. The van der Waals surface area contributed by atoms with Crippen LogP contribution in [0.1, 0.15) is 12.0 Å². The Kier molecular flexibility index (Phi) is 3.49. The van der Waals surface area contributed by atoms with Crippen LogP contribution in [0.15, 0.2) is 30.3 Å². The average Bonchev–Trinajstić information content (AvgIpc) is 2.04. The van der Waals surface area contributed by atoms with Gasteiger partial charge in [0.25, 0.3) is 0 Å². The highest BCUT2D eigenvalue weighted by atomic mass is 15.3. The van der Waals surface area contributed by atoms with Crippen molar-refractivity contribution in [2.75, 3.05) is 20.6 Å². The monoisotopic (exact) mass is 177 g/mol. The summed E-state index contributed by atoms with van der Waals surface area (Å²) in [6.07, 6.45) is 1.000. The van der Waals surface area contributed by atoms with Crippen LogP contribution in [0.5, 0.6) is 0 Å². The largest absolute Gasteiger partial charge is 0.325 e. The van der Waals surface area contributed by atoms with Gasteiger partial charge >= 0.3 is 0 Å². The van der Waals surface area contributed by atoms with Crippen LogP contribution in [-0.4, -0.2) is 25.1 Å². The molecule has 0 aromatic heterocycles. The maximum absolute atomic E-state index is 3.90. The lowest BCUT2D eigenvalue weighted by molar-refractivity contribution is -0.903. The number of hydrogen-bond donors (Lipinski definition) is 0. The van der Waals surface area contributed by atoms with Crippen molar-refractivity contribution in [3.05, 3.63) is 42.8 Å². The van der Waals surface area contributed by atoms with Crippen LogP contribution in [-0.2, 0) is 6.54 Å². The first-order valence-electron chi connectivity index (χ1n) is 4.79. The maximum atomic E-state index is 3.90. The Balaban J connectivity index is 2.58. The lowest BCUT2D eigenvalue weighted by Gasteiger charge is -2.29. The number of rotatable bonds is 4. The second kappa shape index (κ2) is 4.43. The van der Waals surface area contributed by atoms with Crippen molar-refractivity contribution >= 4 is 0 Å². The lowest BCUT2D eigenvalue weighted by Crippen LogP contribution is -2.39. The number of hydrogen-bond acceptors (Lipinski definition) is 0. The average molecular weight is 177 g/mol. The molecule has 1 nitrogen and oxygen atoms in total. The zero-order valence-electron chi connectivity index (χ0n) is 8.66. The topological polar surface area (TPSA) is 0 Å². The van der Waals surface area contributed by atoms with Crippen LogP contribution in [0, 0.1) is 6.92 Å². The normalized spacial score (nSPS) is 11.6. The van der Waals surface area contributed by atoms with Gasteiger partial charge in [-0.15, -0.1) is 0 Å². The molecule has 1 radical (unpaired) electrons. The molecule has 0 saturated heterocycles. The predicted molar refractivity (Wildman–Crippen MR) is 57.1 cm³/mol. The second-order valence-corrected chi connectivity index (χ2v) is 4.16. The third-order valence-corrected chi connectivity index (χ3v) is 2.22. The van der Waals surface area contributed by atoms with E-state index in [0.717, 1.165) is 24.0 Å². The van der Waals surface area contributed by atoms with Gasteiger partial charge in [-0.1, -0.05) is 30.3 Å². The van der Waals surface area contributed by atoms with Crippen LogP contribution in [0.4, 0.5) is 0 Å². The van der Waals surface area contributed by atoms with E-state index in [1.165, 1.54) is 5.56 Å². The van der Waals surface area contributed by atoms with E-state index in [1.54, 1.807) is 0 Å². The molecule has 0 bridgehead atoms. The van der Waals surface area contributed by atoms with Crippen molar-refractivity contribution in [2.45, 2.75) is 13.0 Å². The zero-order valence-corrected chi connectivity index (χ0v) is 8.66. The minimum absolute atomic E-state index is 1.000. The molecule has 1 rings (SSSR count). The molecule has 0 saturated carbocycles. The SMILES string of the molecule is [CH2]CC[N+](C)(C)Cc1ccccc1. The Morgan fingerprint density at radius 1 is 1.15 bits per heavy atom. The maximum Gasteiger partial charge on any atom is 0.104 e. The lowest BCUT2D eigenvalue weighted by atomic mass is 10.2. The quantitative estimate of drug-likeness (QED) is 0.620. The van der Waals surface area contributed by atoms with Gasteiger partial charge in [0.05, 0.1) is 20.6 Å². The van der Waals surface area contributed by atoms with Gasteiger partial charge in [-0.3, -0.25) is 0 Å². The van der Waals surface area contributed by atoms with Crippen molar-refractivity contribution in [1.29, 1.82) is 0 Å². The fourth-order valence-electron chi connectivity index (χ4n) is 1.58. The molecular formula is C12H19N+. The van der Waals surface area contributed by atoms with E-state index in [1.807, 2.05) is 0 Å². The van der Waals surface area contributed by atoms with E-state index < -0.39 is 0 Å². The molecule has 0 N–H and O–H groups in total. The minimum atomic E-state index is 1.000. The minimum Gasteiger partial charge on any atom is -0.325 e. The summed E-state index contributed by atoms with van der Waals surface area (Å²) in [5, 5.41) is 0. The highest BCUT2D eigenvalue weighted by Crippen LogP contribution is 2.09. The van der Waals surface area contributed by atoms with E-state index in [-0.39, 0.29) is 0 Å². The van der Waals surface area contributed by atoms with Crippen LogP contribution < -0.4 is 0 Å². The van der Waals surface area contributed by atoms with E-state index in [2.05, 4.69) is 51.4 Å². The number of nitrogens with zero attached hydrogens (tertiary/aromatic N) is 1. The first kappa shape index (κ1) is 10.3. The van der Waals surface area contributed by atoms with Crippen molar-refractivity contribution in [2.24, 2.45) is 0 Å². The third-order valence-electron chi connectivity index (χ3n) is 2.22. The molecular weight excluding hydrogens is 158 g/mol. The molecule has 1 heteroatoms. The molecule has 0 aliphatic rings. The summed E-state index contributed by atoms with van der Waals surface area (Å²) in [5.74, 6) is 0. The van der Waals surface area contributed by atoms with Crippen LogP contribution in [0.3, 0.4) is 0 Å². The van der Waals surface area contributed by atoms with Crippen LogP contribution >= 0.6 is 0 Å². The van der Waals surface area contributed by atoms with Gasteiger partial charge in [-0.2, -0.15) is 0 Å². The standard InChI is InChI=1S/C12H19N/c1-4-10-13(2,3)11-12-8-6-5-7-9-12/h5-9H,1,4,10-11H2,2-3H3/q+1. The Morgan fingerprint density at radius 2 is 1.77 bits per heavy atom. The fourth-order valence-corrected chi connectivity index (χ4v) is 1.58. The summed E-state index contributed by atoms with van der Waals surface area (Å²) in [5.41, 5.74) is 1.40. The molecule has 13 heavy (non-hydrogen) atoms. The van der Waals surface area contributed by atoms with Crippen molar-refractivity contribution in [3.63, 3.8) is 0 Å². The molecule has 0 unspecified atom stereocenters. The zero-order chi connectivity index (χ0) is 9.73. The molecule has 1 aromatic rings. The Labute approximate surface area is 81.6 Å². The van der Waals surface area contributed by atoms with E-state index in [9.17, 15) is 0 Å². The summed E-state index contributed by atoms with van der Waals surface area (Å²) < 4.78 is 1.02. The molecule has 71 valence electrons. The van der Waals surface area contributed by atoms with Crippen molar-refractivity contribution in [3.8, 4) is 0 Å². The third kappa shape index (κ3) is 3.60. The molecule has 0 aliphatic heterocycles. The van der Waals surface area contributed by atoms with Gasteiger partial charge in [-0.25, -0.2) is 0 Å². The molecule has 1 aromatic carbocycles. The predicted octanol–water partition coefficient (Wildman–Crippen LogP) is 2.49. The van der Waals surface area contributed by atoms with Gasteiger partial charge in [0, 0.05) is 5.56 Å². The van der Waals surface area contributed by atoms with E-state index in [0.29, 0.717) is 0 Å². The molecule has 0 spiro atoms. The molecule has 0 fully saturated rings. The summed E-state index contributed by atoms with van der Waals surface area (Å²) in [6, 6.07) is 10.6. The second-order valence-electron chi connectivity index (χ2n) is 4.16. The number of quaternary nitrogens is 1. The van der Waals surface area contributed by atoms with Gasteiger partial charge in [0.15, 0.2) is 0 Å². The van der Waals surface area contributed by atoms with Gasteiger partial charge in [0.1, 0.15) is 6.54 Å². The van der Waals surface area contributed by atoms with E-state index in [4.69, 9.17) is 0 Å².